The molecule has 1 unspecified atom stereocenters. The zero-order chi connectivity index (χ0) is 13.5. The van der Waals surface area contributed by atoms with Gasteiger partial charge in [-0.2, -0.15) is 0 Å². The van der Waals surface area contributed by atoms with E-state index < -0.39 is 0 Å². The molecule has 0 aliphatic heterocycles. The number of aromatic nitrogens is 1. The van der Waals surface area contributed by atoms with Crippen LogP contribution in [0.1, 0.15) is 18.1 Å². The van der Waals surface area contributed by atoms with Crippen molar-refractivity contribution in [2.45, 2.75) is 25.9 Å². The molecule has 0 radical (unpaired) electrons. The second kappa shape index (κ2) is 6.90. The minimum absolute atomic E-state index is 0.432. The van der Waals surface area contributed by atoms with Crippen LogP contribution in [0.15, 0.2) is 48.8 Å². The van der Waals surface area contributed by atoms with Crippen LogP contribution in [0.5, 0.6) is 5.75 Å². The Bertz CT molecular complexity index is 482. The van der Waals surface area contributed by atoms with Crippen molar-refractivity contribution in [3.8, 4) is 5.75 Å². The van der Waals surface area contributed by atoms with Crippen LogP contribution in [0.4, 0.5) is 0 Å². The molecule has 1 atom stereocenters. The summed E-state index contributed by atoms with van der Waals surface area (Å²) >= 11 is 0. The second-order valence-corrected chi connectivity index (χ2v) is 4.69. The van der Waals surface area contributed by atoms with E-state index in [0.717, 1.165) is 18.7 Å². The number of benzene rings is 1. The molecule has 0 aliphatic rings. The smallest absolute Gasteiger partial charge is 0.118 e. The number of methoxy groups -OCH3 is 1. The molecule has 100 valence electrons. The maximum Gasteiger partial charge on any atom is 0.118 e. The Morgan fingerprint density at radius 3 is 2.37 bits per heavy atom. The van der Waals surface area contributed by atoms with Gasteiger partial charge < -0.3 is 10.1 Å². The lowest BCUT2D eigenvalue weighted by Crippen LogP contribution is -2.27. The number of ether oxygens (including phenoxy) is 1. The monoisotopic (exact) mass is 256 g/mol. The summed E-state index contributed by atoms with van der Waals surface area (Å²) in [5, 5.41) is 3.52. The average molecular weight is 256 g/mol. The summed E-state index contributed by atoms with van der Waals surface area (Å²) in [5.74, 6) is 0.904. The van der Waals surface area contributed by atoms with Crippen LogP contribution in [-0.2, 0) is 13.0 Å². The summed E-state index contributed by atoms with van der Waals surface area (Å²) < 4.78 is 5.16. The van der Waals surface area contributed by atoms with E-state index in [1.807, 2.05) is 36.7 Å². The van der Waals surface area contributed by atoms with Gasteiger partial charge in [-0.15, -0.1) is 0 Å². The van der Waals surface area contributed by atoms with E-state index in [1.54, 1.807) is 7.11 Å². The quantitative estimate of drug-likeness (QED) is 0.863. The van der Waals surface area contributed by atoms with E-state index in [2.05, 4.69) is 29.4 Å². The fraction of sp³-hybridized carbons (Fsp3) is 0.312. The molecular formula is C16H20N2O. The molecule has 3 nitrogen and oxygen atoms in total. The van der Waals surface area contributed by atoms with Crippen LogP contribution in [-0.4, -0.2) is 18.1 Å². The first-order valence-corrected chi connectivity index (χ1v) is 6.53. The lowest BCUT2D eigenvalue weighted by molar-refractivity contribution is 0.414. The van der Waals surface area contributed by atoms with Crippen molar-refractivity contribution >= 4 is 0 Å². The number of hydrogen-bond acceptors (Lipinski definition) is 3. The Kier molecular flexibility index (Phi) is 4.93. The molecule has 1 aromatic carbocycles. The molecule has 0 aliphatic carbocycles. The van der Waals surface area contributed by atoms with E-state index in [4.69, 9.17) is 4.74 Å². The number of nitrogens with one attached hydrogen (secondary N) is 1. The molecule has 2 rings (SSSR count). The molecular weight excluding hydrogens is 236 g/mol. The van der Waals surface area contributed by atoms with E-state index in [-0.39, 0.29) is 0 Å². The number of nitrogens with zero attached hydrogens (tertiary/aromatic N) is 1. The molecule has 19 heavy (non-hydrogen) atoms. The van der Waals surface area contributed by atoms with Crippen molar-refractivity contribution in [3.63, 3.8) is 0 Å². The summed E-state index contributed by atoms with van der Waals surface area (Å²) in [4.78, 5) is 4.02. The third-order valence-corrected chi connectivity index (χ3v) is 3.10. The van der Waals surface area contributed by atoms with Gasteiger partial charge in [-0.25, -0.2) is 0 Å². The van der Waals surface area contributed by atoms with Crippen LogP contribution in [0.25, 0.3) is 0 Å². The van der Waals surface area contributed by atoms with Crippen molar-refractivity contribution in [2.24, 2.45) is 0 Å². The fourth-order valence-corrected chi connectivity index (χ4v) is 1.98. The topological polar surface area (TPSA) is 34.1 Å². The van der Waals surface area contributed by atoms with Gasteiger partial charge in [0.1, 0.15) is 5.75 Å². The molecule has 0 bridgehead atoms. The molecule has 1 heterocycles. The van der Waals surface area contributed by atoms with E-state index in [9.17, 15) is 0 Å². The Labute approximate surface area is 114 Å². The normalized spacial score (nSPS) is 12.1. The zero-order valence-electron chi connectivity index (χ0n) is 11.5. The zero-order valence-corrected chi connectivity index (χ0v) is 11.5. The van der Waals surface area contributed by atoms with Crippen molar-refractivity contribution in [1.82, 2.24) is 10.3 Å². The number of hydrogen-bond donors (Lipinski definition) is 1. The standard InChI is InChI=1S/C16H20N2O/c1-13(18-12-15-7-9-17-10-8-15)11-14-3-5-16(19-2)6-4-14/h3-10,13,18H,11-12H2,1-2H3. The number of pyridine rings is 1. The molecule has 0 saturated heterocycles. The van der Waals surface area contributed by atoms with Crippen LogP contribution < -0.4 is 10.1 Å². The highest BCUT2D eigenvalue weighted by Gasteiger charge is 2.03. The SMILES string of the molecule is COc1ccc(CC(C)NCc2ccncc2)cc1. The Balaban J connectivity index is 1.82. The third-order valence-electron chi connectivity index (χ3n) is 3.10. The van der Waals surface area contributed by atoms with Gasteiger partial charge in [0.25, 0.3) is 0 Å². The van der Waals surface area contributed by atoms with Gasteiger partial charge in [-0.3, -0.25) is 4.98 Å². The Morgan fingerprint density at radius 2 is 1.74 bits per heavy atom. The molecule has 0 spiro atoms. The fourth-order valence-electron chi connectivity index (χ4n) is 1.98. The van der Waals surface area contributed by atoms with E-state index in [1.165, 1.54) is 11.1 Å². The summed E-state index contributed by atoms with van der Waals surface area (Å²) in [6.07, 6.45) is 4.66. The van der Waals surface area contributed by atoms with Crippen molar-refractivity contribution in [2.75, 3.05) is 7.11 Å². The molecule has 3 heteroatoms. The predicted molar refractivity (Wildman–Crippen MR) is 77.2 cm³/mol. The lowest BCUT2D eigenvalue weighted by atomic mass is 10.1. The van der Waals surface area contributed by atoms with E-state index >= 15 is 0 Å². The van der Waals surface area contributed by atoms with Crippen LogP contribution >= 0.6 is 0 Å². The van der Waals surface area contributed by atoms with Gasteiger partial charge in [0.05, 0.1) is 7.11 Å². The molecule has 0 fully saturated rings. The van der Waals surface area contributed by atoms with Crippen LogP contribution in [0.3, 0.4) is 0 Å². The molecule has 2 aromatic rings. The first-order valence-electron chi connectivity index (χ1n) is 6.53. The van der Waals surface area contributed by atoms with Gasteiger partial charge >= 0.3 is 0 Å². The van der Waals surface area contributed by atoms with Gasteiger partial charge in [-0.05, 0) is 48.7 Å². The van der Waals surface area contributed by atoms with Gasteiger partial charge in [0.2, 0.25) is 0 Å². The molecule has 1 aromatic heterocycles. The minimum atomic E-state index is 0.432. The summed E-state index contributed by atoms with van der Waals surface area (Å²) in [6.45, 7) is 3.07. The Hall–Kier alpha value is -1.87. The molecule has 1 N–H and O–H groups in total. The van der Waals surface area contributed by atoms with Crippen molar-refractivity contribution < 1.29 is 4.74 Å². The molecule has 0 amide bonds. The highest BCUT2D eigenvalue weighted by atomic mass is 16.5. The van der Waals surface area contributed by atoms with Gasteiger partial charge in [0, 0.05) is 25.0 Å². The average Bonchev–Trinajstić information content (AvgIpc) is 2.47. The maximum atomic E-state index is 5.16. The first-order chi connectivity index (χ1) is 9.28. The van der Waals surface area contributed by atoms with Crippen molar-refractivity contribution in [3.05, 3.63) is 59.9 Å². The maximum absolute atomic E-state index is 5.16. The molecule has 0 saturated carbocycles. The summed E-state index contributed by atoms with van der Waals surface area (Å²) in [5.41, 5.74) is 2.58. The third kappa shape index (κ3) is 4.38. The second-order valence-electron chi connectivity index (χ2n) is 4.69. The lowest BCUT2D eigenvalue weighted by Gasteiger charge is -2.14. The Morgan fingerprint density at radius 1 is 1.05 bits per heavy atom. The van der Waals surface area contributed by atoms with E-state index in [0.29, 0.717) is 6.04 Å². The minimum Gasteiger partial charge on any atom is -0.497 e. The largest absolute Gasteiger partial charge is 0.497 e. The van der Waals surface area contributed by atoms with Gasteiger partial charge in [-0.1, -0.05) is 12.1 Å². The predicted octanol–water partition coefficient (Wildman–Crippen LogP) is 2.81. The van der Waals surface area contributed by atoms with Crippen LogP contribution in [0, 0.1) is 0 Å². The van der Waals surface area contributed by atoms with Crippen LogP contribution in [0.2, 0.25) is 0 Å². The summed E-state index contributed by atoms with van der Waals surface area (Å²) in [6, 6.07) is 12.7. The number of rotatable bonds is 6. The summed E-state index contributed by atoms with van der Waals surface area (Å²) in [7, 11) is 1.69. The highest BCUT2D eigenvalue weighted by molar-refractivity contribution is 5.27. The van der Waals surface area contributed by atoms with Gasteiger partial charge in [0.15, 0.2) is 0 Å². The highest BCUT2D eigenvalue weighted by Crippen LogP contribution is 2.12. The van der Waals surface area contributed by atoms with Crippen molar-refractivity contribution in [1.29, 1.82) is 0 Å². The first kappa shape index (κ1) is 13.6.